The first-order valence-electron chi connectivity index (χ1n) is 12.3. The average Bonchev–Trinajstić information content (AvgIpc) is 2.87. The molecule has 2 aromatic rings. The molecule has 0 heterocycles. The van der Waals surface area contributed by atoms with Crippen LogP contribution in [0.2, 0.25) is 0 Å². The van der Waals surface area contributed by atoms with Crippen LogP contribution in [0.3, 0.4) is 0 Å². The molecule has 0 aromatic heterocycles. The zero-order valence-electron chi connectivity index (χ0n) is 21.3. The molecule has 1 saturated carbocycles. The van der Waals surface area contributed by atoms with Gasteiger partial charge in [0.25, 0.3) is 0 Å². The van der Waals surface area contributed by atoms with E-state index in [1.807, 2.05) is 39.0 Å². The summed E-state index contributed by atoms with van der Waals surface area (Å²) in [4.78, 5) is 24.5. The molecule has 36 heavy (non-hydrogen) atoms. The molecule has 3 atom stereocenters. The fourth-order valence-electron chi connectivity index (χ4n) is 3.89. The predicted octanol–water partition coefficient (Wildman–Crippen LogP) is 5.09. The van der Waals surface area contributed by atoms with Crippen LogP contribution in [0.5, 0.6) is 11.5 Å². The summed E-state index contributed by atoms with van der Waals surface area (Å²) < 4.78 is 10.9. The minimum absolute atomic E-state index is 0.199. The Hall–Kier alpha value is -3.58. The molecule has 7 nitrogen and oxygen atoms in total. The van der Waals surface area contributed by atoms with Gasteiger partial charge in [0, 0.05) is 18.6 Å². The van der Waals surface area contributed by atoms with Crippen LogP contribution in [0.4, 0.5) is 0 Å². The van der Waals surface area contributed by atoms with Crippen molar-refractivity contribution in [1.82, 2.24) is 0 Å². The number of aromatic hydroxyl groups is 2. The first kappa shape index (κ1) is 28.7. The fourth-order valence-corrected chi connectivity index (χ4v) is 3.89. The van der Waals surface area contributed by atoms with Crippen LogP contribution in [0.1, 0.15) is 62.3 Å². The minimum Gasteiger partial charge on any atom is -0.504 e. The Morgan fingerprint density at radius 1 is 0.917 bits per heavy atom. The number of phenolic OH excluding ortho intramolecular Hbond substituents is 2. The van der Waals surface area contributed by atoms with Crippen LogP contribution < -0.4 is 0 Å². The van der Waals surface area contributed by atoms with E-state index in [-0.39, 0.29) is 17.9 Å². The first-order valence-corrected chi connectivity index (χ1v) is 12.3. The molecule has 1 aliphatic rings. The van der Waals surface area contributed by atoms with Gasteiger partial charge in [-0.1, -0.05) is 45.0 Å². The van der Waals surface area contributed by atoms with Crippen LogP contribution in [0, 0.1) is 6.92 Å². The molecule has 0 spiro atoms. The van der Waals surface area contributed by atoms with Gasteiger partial charge in [0.1, 0.15) is 12.2 Å². The molecule has 0 unspecified atom stereocenters. The van der Waals surface area contributed by atoms with Crippen LogP contribution >= 0.6 is 0 Å². The standard InChI is InChI=1S/C27H30O7.C2H6/c1-3-20-8-4-18(14-17(20)2)6-13-27(32)34-25-16-21(9-11-23(25)29)33-26(31)12-7-19-5-10-22(28)24(30)15-19;1-2/h4-8,10,12-15,21,23,25,28-30H,3,9,11,16H2,1-2H3;1-2H3/b12-7+,13-6+;/t21-,23+,25-;/m1./s1. The van der Waals surface area contributed by atoms with Gasteiger partial charge in [-0.3, -0.25) is 0 Å². The monoisotopic (exact) mass is 496 g/mol. The second kappa shape index (κ2) is 14.1. The number of phenols is 2. The second-order valence-corrected chi connectivity index (χ2v) is 8.37. The fraction of sp³-hybridized carbons (Fsp3) is 0.379. The lowest BCUT2D eigenvalue weighted by Gasteiger charge is -2.32. The number of aryl methyl sites for hydroxylation is 2. The Kier molecular flexibility index (Phi) is 11.2. The number of rotatable bonds is 7. The number of hydrogen-bond donors (Lipinski definition) is 3. The van der Waals surface area contributed by atoms with Crippen molar-refractivity contribution in [2.24, 2.45) is 0 Å². The Labute approximate surface area is 212 Å². The summed E-state index contributed by atoms with van der Waals surface area (Å²) in [6, 6.07) is 10.1. The minimum atomic E-state index is -0.825. The smallest absolute Gasteiger partial charge is 0.331 e. The summed E-state index contributed by atoms with van der Waals surface area (Å²) in [7, 11) is 0. The maximum Gasteiger partial charge on any atom is 0.331 e. The average molecular weight is 497 g/mol. The lowest BCUT2D eigenvalue weighted by molar-refractivity contribution is -0.161. The van der Waals surface area contributed by atoms with Crippen molar-refractivity contribution >= 4 is 24.1 Å². The summed E-state index contributed by atoms with van der Waals surface area (Å²) in [5, 5.41) is 29.1. The highest BCUT2D eigenvalue weighted by Gasteiger charge is 2.33. The normalized spacial score (nSPS) is 19.5. The molecular formula is C29H36O7. The third-order valence-electron chi connectivity index (χ3n) is 5.83. The van der Waals surface area contributed by atoms with Gasteiger partial charge in [-0.15, -0.1) is 0 Å². The Balaban J connectivity index is 0.00000222. The molecule has 194 valence electrons. The third kappa shape index (κ3) is 8.57. The summed E-state index contributed by atoms with van der Waals surface area (Å²) in [6.07, 6.45) is 5.51. The zero-order valence-corrected chi connectivity index (χ0v) is 21.3. The van der Waals surface area contributed by atoms with Crippen LogP contribution in [0.25, 0.3) is 12.2 Å². The molecule has 0 saturated heterocycles. The third-order valence-corrected chi connectivity index (χ3v) is 5.83. The molecule has 0 bridgehead atoms. The number of esters is 2. The van der Waals surface area contributed by atoms with E-state index in [0.29, 0.717) is 18.4 Å². The van der Waals surface area contributed by atoms with Crippen molar-refractivity contribution in [2.45, 2.75) is 71.7 Å². The van der Waals surface area contributed by atoms with Crippen LogP contribution in [-0.2, 0) is 25.5 Å². The molecule has 2 aromatic carbocycles. The van der Waals surface area contributed by atoms with E-state index in [9.17, 15) is 24.9 Å². The van der Waals surface area contributed by atoms with E-state index in [2.05, 4.69) is 6.92 Å². The Bertz CT molecular complexity index is 1090. The van der Waals surface area contributed by atoms with Crippen molar-refractivity contribution in [3.8, 4) is 11.5 Å². The van der Waals surface area contributed by atoms with Gasteiger partial charge in [0.2, 0.25) is 0 Å². The highest BCUT2D eigenvalue weighted by atomic mass is 16.6. The van der Waals surface area contributed by atoms with E-state index in [0.717, 1.165) is 17.5 Å². The van der Waals surface area contributed by atoms with Gasteiger partial charge in [-0.2, -0.15) is 0 Å². The topological polar surface area (TPSA) is 113 Å². The molecule has 1 aliphatic carbocycles. The van der Waals surface area contributed by atoms with Gasteiger partial charge in [0.05, 0.1) is 6.10 Å². The van der Waals surface area contributed by atoms with E-state index < -0.39 is 30.3 Å². The SMILES string of the molecule is CC.CCc1ccc(/C=C/C(=O)O[C@@H]2C[C@H](OC(=O)/C=C/c3ccc(O)c(O)c3)CC[C@@H]2O)cc1C. The van der Waals surface area contributed by atoms with Gasteiger partial charge in [-0.05, 0) is 72.7 Å². The highest BCUT2D eigenvalue weighted by molar-refractivity contribution is 5.88. The summed E-state index contributed by atoms with van der Waals surface area (Å²) >= 11 is 0. The number of aliphatic hydroxyl groups excluding tert-OH is 1. The van der Waals surface area contributed by atoms with Crippen molar-refractivity contribution in [1.29, 1.82) is 0 Å². The number of ether oxygens (including phenoxy) is 2. The number of benzene rings is 2. The van der Waals surface area contributed by atoms with Gasteiger partial charge >= 0.3 is 11.9 Å². The van der Waals surface area contributed by atoms with Gasteiger partial charge in [-0.25, -0.2) is 9.59 Å². The lowest BCUT2D eigenvalue weighted by Crippen LogP contribution is -2.40. The summed E-state index contributed by atoms with van der Waals surface area (Å²) in [5.41, 5.74) is 3.81. The molecular weight excluding hydrogens is 460 g/mol. The molecule has 3 N–H and O–H groups in total. The highest BCUT2D eigenvalue weighted by Crippen LogP contribution is 2.26. The predicted molar refractivity (Wildman–Crippen MR) is 139 cm³/mol. The summed E-state index contributed by atoms with van der Waals surface area (Å²) in [5.74, 6) is -1.70. The number of carbonyl (C=O) groups excluding carboxylic acids is 2. The Morgan fingerprint density at radius 3 is 2.14 bits per heavy atom. The van der Waals surface area contributed by atoms with E-state index in [1.165, 1.54) is 42.0 Å². The Morgan fingerprint density at radius 2 is 1.53 bits per heavy atom. The van der Waals surface area contributed by atoms with Crippen molar-refractivity contribution in [3.05, 3.63) is 70.8 Å². The van der Waals surface area contributed by atoms with Crippen LogP contribution in [0.15, 0.2) is 48.6 Å². The number of carbonyl (C=O) groups is 2. The zero-order chi connectivity index (χ0) is 26.7. The molecule has 0 amide bonds. The van der Waals surface area contributed by atoms with Crippen LogP contribution in [-0.4, -0.2) is 45.6 Å². The van der Waals surface area contributed by atoms with E-state index >= 15 is 0 Å². The van der Waals surface area contributed by atoms with E-state index in [4.69, 9.17) is 9.47 Å². The van der Waals surface area contributed by atoms with Crippen molar-refractivity contribution in [3.63, 3.8) is 0 Å². The van der Waals surface area contributed by atoms with Crippen molar-refractivity contribution in [2.75, 3.05) is 0 Å². The molecule has 0 radical (unpaired) electrons. The maximum atomic E-state index is 12.3. The van der Waals surface area contributed by atoms with Gasteiger partial charge < -0.3 is 24.8 Å². The first-order chi connectivity index (χ1) is 17.2. The number of aliphatic hydroxyl groups is 1. The maximum absolute atomic E-state index is 12.3. The quantitative estimate of drug-likeness (QED) is 0.278. The molecule has 0 aliphatic heterocycles. The molecule has 7 heteroatoms. The largest absolute Gasteiger partial charge is 0.504 e. The second-order valence-electron chi connectivity index (χ2n) is 8.37. The number of hydrogen-bond acceptors (Lipinski definition) is 7. The molecule has 1 fully saturated rings. The summed E-state index contributed by atoms with van der Waals surface area (Å²) in [6.45, 7) is 8.12. The van der Waals surface area contributed by atoms with Gasteiger partial charge in [0.15, 0.2) is 11.5 Å². The van der Waals surface area contributed by atoms with E-state index in [1.54, 1.807) is 6.08 Å². The molecule has 3 rings (SSSR count). The lowest BCUT2D eigenvalue weighted by atomic mass is 9.92. The van der Waals surface area contributed by atoms with Crippen molar-refractivity contribution < 1.29 is 34.4 Å².